The molecule has 5 rings (SSSR count). The van der Waals surface area contributed by atoms with Crippen molar-refractivity contribution in [3.05, 3.63) is 101 Å². The van der Waals surface area contributed by atoms with E-state index in [2.05, 4.69) is 9.71 Å². The molecule has 0 saturated heterocycles. The Morgan fingerprint density at radius 2 is 1.74 bits per heavy atom. The van der Waals surface area contributed by atoms with Crippen molar-refractivity contribution in [2.24, 2.45) is 0 Å². The van der Waals surface area contributed by atoms with Gasteiger partial charge < -0.3 is 4.74 Å². The fourth-order valence-corrected chi connectivity index (χ4v) is 6.40. The molecule has 4 aromatic rings. The lowest BCUT2D eigenvalue weighted by Crippen LogP contribution is -2.40. The molecule has 0 spiro atoms. The number of nitrogens with one attached hydrogen (secondary N) is 1. The van der Waals surface area contributed by atoms with Gasteiger partial charge >= 0.3 is 6.18 Å². The molecule has 39 heavy (non-hydrogen) atoms. The molecule has 0 unspecified atom stereocenters. The summed E-state index contributed by atoms with van der Waals surface area (Å²) in [6, 6.07) is 17.8. The number of hydrogen-bond acceptors (Lipinski definition) is 5. The van der Waals surface area contributed by atoms with Crippen LogP contribution in [0, 0.1) is 13.8 Å². The van der Waals surface area contributed by atoms with Crippen LogP contribution in [0.3, 0.4) is 0 Å². The number of ether oxygens (including phenoxy) is 1. The standard InChI is InChI=1S/C29H25F3N2O4S/c1-17-7-14-25(38-3)22(15-17)28(16-23(28)19-9-11-20(12-10-19)29(30,31)32)27(35)34-39(36,37)26-6-4-5-24-21(26)13-8-18(2)33-24/h4-15,23H,16H2,1-3H3,(H,34,35)/t23-,28-/m0/s1. The van der Waals surface area contributed by atoms with E-state index in [-0.39, 0.29) is 11.3 Å². The fourth-order valence-electron chi connectivity index (χ4n) is 5.14. The molecule has 1 aliphatic rings. The van der Waals surface area contributed by atoms with Gasteiger partial charge in [-0.2, -0.15) is 13.2 Å². The first-order valence-electron chi connectivity index (χ1n) is 12.1. The highest BCUT2D eigenvalue weighted by molar-refractivity contribution is 7.90. The first-order valence-corrected chi connectivity index (χ1v) is 13.6. The van der Waals surface area contributed by atoms with Crippen molar-refractivity contribution in [1.82, 2.24) is 9.71 Å². The molecule has 6 nitrogen and oxygen atoms in total. The molecule has 1 aliphatic carbocycles. The lowest BCUT2D eigenvalue weighted by molar-refractivity contribution is -0.137. The van der Waals surface area contributed by atoms with Gasteiger partial charge in [0.2, 0.25) is 5.91 Å². The van der Waals surface area contributed by atoms with E-state index in [4.69, 9.17) is 4.74 Å². The highest BCUT2D eigenvalue weighted by Gasteiger charge is 2.63. The summed E-state index contributed by atoms with van der Waals surface area (Å²) < 4.78 is 74.3. The summed E-state index contributed by atoms with van der Waals surface area (Å²) in [6.07, 6.45) is -4.31. The number of aryl methyl sites for hydroxylation is 2. The topological polar surface area (TPSA) is 85.4 Å². The van der Waals surface area contributed by atoms with Crippen LogP contribution < -0.4 is 9.46 Å². The minimum Gasteiger partial charge on any atom is -0.496 e. The lowest BCUT2D eigenvalue weighted by atomic mass is 9.88. The fraction of sp³-hybridized carbons (Fsp3) is 0.241. The van der Waals surface area contributed by atoms with Crippen molar-refractivity contribution in [1.29, 1.82) is 0 Å². The highest BCUT2D eigenvalue weighted by Crippen LogP contribution is 2.62. The zero-order valence-corrected chi connectivity index (χ0v) is 22.2. The van der Waals surface area contributed by atoms with Gasteiger partial charge in [0.15, 0.2) is 0 Å². The van der Waals surface area contributed by atoms with Gasteiger partial charge in [0.1, 0.15) is 5.75 Å². The Morgan fingerprint density at radius 3 is 2.41 bits per heavy atom. The maximum Gasteiger partial charge on any atom is 0.416 e. The number of sulfonamides is 1. The molecule has 0 aliphatic heterocycles. The highest BCUT2D eigenvalue weighted by atomic mass is 32.2. The second kappa shape index (κ2) is 9.37. The molecule has 1 heterocycles. The average Bonchev–Trinajstić information content (AvgIpc) is 3.64. The summed E-state index contributed by atoms with van der Waals surface area (Å²) in [5.74, 6) is -0.969. The molecule has 1 N–H and O–H groups in total. The lowest BCUT2D eigenvalue weighted by Gasteiger charge is -2.22. The van der Waals surface area contributed by atoms with Crippen LogP contribution >= 0.6 is 0 Å². The van der Waals surface area contributed by atoms with Crippen LogP contribution in [-0.4, -0.2) is 26.4 Å². The number of hydrogen-bond donors (Lipinski definition) is 1. The van der Waals surface area contributed by atoms with Gasteiger partial charge in [-0.15, -0.1) is 0 Å². The Balaban J connectivity index is 1.58. The van der Waals surface area contributed by atoms with Crippen LogP contribution in [0.25, 0.3) is 10.9 Å². The Labute approximate surface area is 223 Å². The number of rotatable bonds is 6. The summed E-state index contributed by atoms with van der Waals surface area (Å²) in [5.41, 5.74) is 0.774. The molecule has 202 valence electrons. The van der Waals surface area contributed by atoms with Crippen LogP contribution in [0.4, 0.5) is 13.2 Å². The number of pyridine rings is 1. The summed E-state index contributed by atoms with van der Waals surface area (Å²) in [4.78, 5) is 18.2. The van der Waals surface area contributed by atoms with Crippen LogP contribution in [0.1, 0.15) is 40.3 Å². The Bertz CT molecular complexity index is 1700. The van der Waals surface area contributed by atoms with E-state index >= 15 is 0 Å². The number of carbonyl (C=O) groups excluding carboxylic acids is 1. The third kappa shape index (κ3) is 4.73. The smallest absolute Gasteiger partial charge is 0.416 e. The minimum absolute atomic E-state index is 0.0982. The van der Waals surface area contributed by atoms with Crippen LogP contribution in [0.2, 0.25) is 0 Å². The number of amides is 1. The van der Waals surface area contributed by atoms with Gasteiger partial charge in [-0.25, -0.2) is 13.1 Å². The van der Waals surface area contributed by atoms with E-state index < -0.39 is 39.0 Å². The largest absolute Gasteiger partial charge is 0.496 e. The quantitative estimate of drug-likeness (QED) is 0.325. The third-order valence-corrected chi connectivity index (χ3v) is 8.58. The molecule has 1 amide bonds. The zero-order valence-electron chi connectivity index (χ0n) is 21.3. The summed E-state index contributed by atoms with van der Waals surface area (Å²) in [7, 11) is -2.90. The van der Waals surface area contributed by atoms with E-state index in [1.165, 1.54) is 25.3 Å². The SMILES string of the molecule is COc1ccc(C)cc1[C@@]1(C(=O)NS(=O)(=O)c2cccc3nc(C)ccc23)C[C@H]1c1ccc(C(F)(F)F)cc1. The summed E-state index contributed by atoms with van der Waals surface area (Å²) in [6.45, 7) is 3.61. The third-order valence-electron chi connectivity index (χ3n) is 7.19. The number of halogens is 3. The van der Waals surface area contributed by atoms with Crippen molar-refractivity contribution in [3.63, 3.8) is 0 Å². The maximum atomic E-state index is 14.0. The monoisotopic (exact) mass is 554 g/mol. The van der Waals surface area contributed by atoms with Crippen molar-refractivity contribution in [3.8, 4) is 5.75 Å². The number of alkyl halides is 3. The van der Waals surface area contributed by atoms with Crippen LogP contribution in [0.15, 0.2) is 77.7 Å². The zero-order chi connectivity index (χ0) is 28.2. The molecule has 1 saturated carbocycles. The van der Waals surface area contributed by atoms with Gasteiger partial charge in [-0.05, 0) is 68.3 Å². The number of methoxy groups -OCH3 is 1. The maximum absolute atomic E-state index is 14.0. The van der Waals surface area contributed by atoms with Gasteiger partial charge in [0.25, 0.3) is 10.0 Å². The normalized spacial score (nSPS) is 19.1. The van der Waals surface area contributed by atoms with Crippen molar-refractivity contribution < 1.29 is 31.1 Å². The molecule has 0 bridgehead atoms. The molecule has 2 atom stereocenters. The Morgan fingerprint density at radius 1 is 1.03 bits per heavy atom. The predicted molar refractivity (Wildman–Crippen MR) is 140 cm³/mol. The van der Waals surface area contributed by atoms with Crippen LogP contribution in [-0.2, 0) is 26.4 Å². The number of benzene rings is 3. The second-order valence-electron chi connectivity index (χ2n) is 9.76. The molecule has 10 heteroatoms. The molecule has 1 aromatic heterocycles. The van der Waals surface area contributed by atoms with Gasteiger partial charge in [-0.3, -0.25) is 9.78 Å². The Hall–Kier alpha value is -3.92. The molecule has 3 aromatic carbocycles. The number of aromatic nitrogens is 1. The Kier molecular flexibility index (Phi) is 6.41. The van der Waals surface area contributed by atoms with E-state index in [9.17, 15) is 26.4 Å². The van der Waals surface area contributed by atoms with E-state index in [1.807, 2.05) is 6.92 Å². The summed E-state index contributed by atoms with van der Waals surface area (Å²) in [5, 5.41) is 0.362. The molecule has 1 fully saturated rings. The predicted octanol–water partition coefficient (Wildman–Crippen LogP) is 5.81. The van der Waals surface area contributed by atoms with E-state index in [0.717, 1.165) is 17.7 Å². The van der Waals surface area contributed by atoms with Crippen molar-refractivity contribution >= 4 is 26.8 Å². The molecular weight excluding hydrogens is 529 g/mol. The first-order chi connectivity index (χ1) is 18.4. The average molecular weight is 555 g/mol. The number of carbonyl (C=O) groups is 1. The van der Waals surface area contributed by atoms with Gasteiger partial charge in [-0.1, -0.05) is 35.9 Å². The van der Waals surface area contributed by atoms with Crippen LogP contribution in [0.5, 0.6) is 5.75 Å². The summed E-state index contributed by atoms with van der Waals surface area (Å²) >= 11 is 0. The second-order valence-corrected chi connectivity index (χ2v) is 11.4. The number of fused-ring (bicyclic) bond motifs is 1. The van der Waals surface area contributed by atoms with Crippen molar-refractivity contribution in [2.75, 3.05) is 7.11 Å². The van der Waals surface area contributed by atoms with E-state index in [1.54, 1.807) is 49.4 Å². The molecule has 0 radical (unpaired) electrons. The van der Waals surface area contributed by atoms with Gasteiger partial charge in [0.05, 0.1) is 28.5 Å². The first kappa shape index (κ1) is 26.7. The minimum atomic E-state index is -4.50. The van der Waals surface area contributed by atoms with Gasteiger partial charge in [0, 0.05) is 22.6 Å². The number of nitrogens with zero attached hydrogens (tertiary/aromatic N) is 1. The molecular formula is C29H25F3N2O4S. The van der Waals surface area contributed by atoms with E-state index in [0.29, 0.717) is 33.5 Å². The van der Waals surface area contributed by atoms with Crippen molar-refractivity contribution in [2.45, 2.75) is 42.7 Å².